The fourth-order valence-electron chi connectivity index (χ4n) is 3.79. The first-order valence-corrected chi connectivity index (χ1v) is 10.4. The number of ether oxygens (including phenoxy) is 1. The van der Waals surface area contributed by atoms with Crippen molar-refractivity contribution >= 4 is 41.0 Å². The van der Waals surface area contributed by atoms with Gasteiger partial charge in [-0.05, 0) is 54.8 Å². The number of halogens is 1. The van der Waals surface area contributed by atoms with E-state index in [0.29, 0.717) is 16.5 Å². The largest absolute Gasteiger partial charge is 0.427 e. The maximum Gasteiger partial charge on any atom is 0.308 e. The minimum Gasteiger partial charge on any atom is -0.427 e. The van der Waals surface area contributed by atoms with Gasteiger partial charge in [0.2, 0.25) is 11.8 Å². The van der Waals surface area contributed by atoms with Gasteiger partial charge in [0.1, 0.15) is 11.8 Å². The van der Waals surface area contributed by atoms with Crippen molar-refractivity contribution in [2.24, 2.45) is 0 Å². The van der Waals surface area contributed by atoms with Crippen molar-refractivity contribution < 1.29 is 23.9 Å². The van der Waals surface area contributed by atoms with E-state index >= 15 is 0 Å². The monoisotopic (exact) mass is 440 g/mol. The number of nitrogens with zero attached hydrogens (tertiary/aromatic N) is 2. The van der Waals surface area contributed by atoms with Crippen LogP contribution in [0.25, 0.3) is 0 Å². The highest BCUT2D eigenvalue weighted by Gasteiger charge is 2.48. The molecular weight excluding hydrogens is 420 g/mol. The Morgan fingerprint density at radius 3 is 2.29 bits per heavy atom. The van der Waals surface area contributed by atoms with Crippen molar-refractivity contribution in [1.82, 2.24) is 4.90 Å². The molecule has 1 unspecified atom stereocenters. The van der Waals surface area contributed by atoms with Crippen molar-refractivity contribution in [2.75, 3.05) is 4.90 Å². The lowest BCUT2D eigenvalue weighted by Gasteiger charge is -2.27. The normalized spacial score (nSPS) is 18.3. The summed E-state index contributed by atoms with van der Waals surface area (Å²) in [6.45, 7) is 1.29. The Bertz CT molecular complexity index is 1030. The zero-order chi connectivity index (χ0) is 22.1. The van der Waals surface area contributed by atoms with Gasteiger partial charge in [0.05, 0.1) is 18.5 Å². The van der Waals surface area contributed by atoms with Crippen LogP contribution in [0.15, 0.2) is 48.5 Å². The highest BCUT2D eigenvalue weighted by atomic mass is 35.5. The molecule has 2 aromatic rings. The van der Waals surface area contributed by atoms with Crippen molar-refractivity contribution in [1.29, 1.82) is 0 Å². The van der Waals surface area contributed by atoms with Crippen LogP contribution in [-0.4, -0.2) is 40.7 Å². The number of benzene rings is 2. The first-order valence-electron chi connectivity index (χ1n) is 10.0. The molecule has 1 atom stereocenters. The van der Waals surface area contributed by atoms with Crippen LogP contribution >= 0.6 is 11.6 Å². The lowest BCUT2D eigenvalue weighted by molar-refractivity contribution is -0.138. The maximum absolute atomic E-state index is 13.2. The van der Waals surface area contributed by atoms with Gasteiger partial charge in [0.15, 0.2) is 0 Å². The van der Waals surface area contributed by atoms with E-state index < -0.39 is 17.9 Å². The van der Waals surface area contributed by atoms with Crippen LogP contribution in [0.4, 0.5) is 5.69 Å². The molecule has 8 heteroatoms. The van der Waals surface area contributed by atoms with Gasteiger partial charge in [0, 0.05) is 18.0 Å². The summed E-state index contributed by atoms with van der Waals surface area (Å²) in [4.78, 5) is 52.7. The molecule has 4 rings (SSSR count). The summed E-state index contributed by atoms with van der Waals surface area (Å²) in [5.41, 5.74) is 1.18. The average molecular weight is 441 g/mol. The van der Waals surface area contributed by atoms with E-state index in [4.69, 9.17) is 16.3 Å². The Morgan fingerprint density at radius 2 is 1.71 bits per heavy atom. The predicted octanol–water partition coefficient (Wildman–Crippen LogP) is 3.13. The van der Waals surface area contributed by atoms with Crippen LogP contribution in [0, 0.1) is 0 Å². The number of hydrogen-bond acceptors (Lipinski definition) is 5. The van der Waals surface area contributed by atoms with Crippen molar-refractivity contribution in [3.8, 4) is 5.75 Å². The predicted molar refractivity (Wildman–Crippen MR) is 114 cm³/mol. The van der Waals surface area contributed by atoms with Crippen LogP contribution in [0.1, 0.15) is 31.7 Å². The first-order chi connectivity index (χ1) is 14.8. The molecule has 2 fully saturated rings. The molecule has 2 aliphatic rings. The average Bonchev–Trinajstić information content (AvgIpc) is 3.50. The van der Waals surface area contributed by atoms with E-state index in [2.05, 4.69) is 0 Å². The third kappa shape index (κ3) is 4.61. The second-order valence-electron chi connectivity index (χ2n) is 7.71. The molecule has 0 aromatic heterocycles. The van der Waals surface area contributed by atoms with Gasteiger partial charge in [-0.25, -0.2) is 4.90 Å². The number of esters is 1. The van der Waals surface area contributed by atoms with E-state index in [0.717, 1.165) is 23.3 Å². The van der Waals surface area contributed by atoms with Gasteiger partial charge >= 0.3 is 5.97 Å². The summed E-state index contributed by atoms with van der Waals surface area (Å²) in [5, 5.41) is 0.585. The van der Waals surface area contributed by atoms with E-state index in [9.17, 15) is 19.2 Å². The Morgan fingerprint density at radius 1 is 1.06 bits per heavy atom. The van der Waals surface area contributed by atoms with Gasteiger partial charge in [-0.15, -0.1) is 0 Å². The number of rotatable bonds is 6. The lowest BCUT2D eigenvalue weighted by Crippen LogP contribution is -2.47. The van der Waals surface area contributed by atoms with E-state index in [1.54, 1.807) is 41.3 Å². The highest BCUT2D eigenvalue weighted by Crippen LogP contribution is 2.35. The van der Waals surface area contributed by atoms with Gasteiger partial charge in [-0.2, -0.15) is 0 Å². The third-order valence-electron chi connectivity index (χ3n) is 5.31. The van der Waals surface area contributed by atoms with Crippen molar-refractivity contribution in [3.05, 3.63) is 59.1 Å². The molecule has 7 nitrogen and oxygen atoms in total. The van der Waals surface area contributed by atoms with Crippen LogP contribution in [-0.2, 0) is 25.6 Å². The third-order valence-corrected chi connectivity index (χ3v) is 5.56. The van der Waals surface area contributed by atoms with E-state index in [1.807, 2.05) is 0 Å². The minimum atomic E-state index is -0.812. The summed E-state index contributed by atoms with van der Waals surface area (Å²) in [7, 11) is 0. The summed E-state index contributed by atoms with van der Waals surface area (Å²) in [6.07, 6.45) is 1.74. The molecule has 2 aromatic carbocycles. The van der Waals surface area contributed by atoms with Gasteiger partial charge < -0.3 is 9.64 Å². The van der Waals surface area contributed by atoms with E-state index in [-0.39, 0.29) is 30.7 Å². The van der Waals surface area contributed by atoms with E-state index in [1.165, 1.54) is 19.1 Å². The van der Waals surface area contributed by atoms with Gasteiger partial charge in [-0.3, -0.25) is 19.2 Å². The van der Waals surface area contributed by atoms with Gasteiger partial charge in [0.25, 0.3) is 5.91 Å². The quantitative estimate of drug-likeness (QED) is 0.391. The Kier molecular flexibility index (Phi) is 5.78. The minimum absolute atomic E-state index is 0.0205. The Balaban J connectivity index is 1.52. The molecule has 3 amide bonds. The van der Waals surface area contributed by atoms with Crippen LogP contribution < -0.4 is 9.64 Å². The fourth-order valence-corrected chi connectivity index (χ4v) is 3.91. The summed E-state index contributed by atoms with van der Waals surface area (Å²) in [6, 6.07) is 12.3. The number of imide groups is 1. The topological polar surface area (TPSA) is 84.0 Å². The molecule has 1 saturated heterocycles. The number of carbonyl (C=O) groups excluding carboxylic acids is 4. The molecule has 0 N–H and O–H groups in total. The second kappa shape index (κ2) is 8.51. The lowest BCUT2D eigenvalue weighted by atomic mass is 10.1. The van der Waals surface area contributed by atoms with Crippen LogP contribution in [0.5, 0.6) is 5.75 Å². The van der Waals surface area contributed by atoms with Crippen LogP contribution in [0.3, 0.4) is 0 Å². The number of carbonyl (C=O) groups is 4. The summed E-state index contributed by atoms with van der Waals surface area (Å²) >= 11 is 5.91. The molecular formula is C23H21ClN2O5. The zero-order valence-corrected chi connectivity index (χ0v) is 17.7. The highest BCUT2D eigenvalue weighted by molar-refractivity contribution is 6.30. The zero-order valence-electron chi connectivity index (χ0n) is 16.9. The van der Waals surface area contributed by atoms with Crippen molar-refractivity contribution in [2.45, 2.75) is 44.7 Å². The molecule has 0 radical (unpaired) electrons. The first kappa shape index (κ1) is 21.1. The Hall–Kier alpha value is -3.19. The molecule has 0 spiro atoms. The molecule has 31 heavy (non-hydrogen) atoms. The molecule has 1 saturated carbocycles. The Labute approximate surface area is 184 Å². The number of anilines is 1. The molecule has 0 bridgehead atoms. The maximum atomic E-state index is 13.2. The molecule has 160 valence electrons. The standard InChI is InChI=1S/C23H21ClN2O5/c1-14(27)31-19-10-8-18(9-11-19)26-22(29)13-20(23(26)30)25(17-6-7-17)21(28)12-15-2-4-16(24)5-3-15/h2-5,8-11,17,20H,6-7,12-13H2,1H3. The summed E-state index contributed by atoms with van der Waals surface area (Å²) in [5.74, 6) is -1.09. The number of hydrogen-bond donors (Lipinski definition) is 0. The second-order valence-corrected chi connectivity index (χ2v) is 8.15. The molecule has 1 heterocycles. The fraction of sp³-hybridized carbons (Fsp3) is 0.304. The summed E-state index contributed by atoms with van der Waals surface area (Å²) < 4.78 is 4.99. The number of amides is 3. The van der Waals surface area contributed by atoms with Crippen LogP contribution in [0.2, 0.25) is 5.02 Å². The molecule has 1 aliphatic heterocycles. The molecule has 1 aliphatic carbocycles. The van der Waals surface area contributed by atoms with Crippen molar-refractivity contribution in [3.63, 3.8) is 0 Å². The van der Waals surface area contributed by atoms with Gasteiger partial charge in [-0.1, -0.05) is 23.7 Å². The smallest absolute Gasteiger partial charge is 0.308 e. The SMILES string of the molecule is CC(=O)Oc1ccc(N2C(=O)CC(N(C(=O)Cc3ccc(Cl)cc3)C3CC3)C2=O)cc1.